The summed E-state index contributed by atoms with van der Waals surface area (Å²) in [6.45, 7) is 2.48. The molecule has 1 aromatic rings. The third-order valence-electron chi connectivity index (χ3n) is 3.51. The van der Waals surface area contributed by atoms with Gasteiger partial charge in [-0.15, -0.1) is 0 Å². The van der Waals surface area contributed by atoms with E-state index in [0.717, 1.165) is 18.4 Å². The molecule has 1 fully saturated rings. The second-order valence-corrected chi connectivity index (χ2v) is 5.36. The van der Waals surface area contributed by atoms with E-state index in [4.69, 9.17) is 16.7 Å². The van der Waals surface area contributed by atoms with Crippen LogP contribution in [-0.4, -0.2) is 28.6 Å². The third-order valence-corrected chi connectivity index (χ3v) is 3.84. The van der Waals surface area contributed by atoms with Gasteiger partial charge in [0, 0.05) is 23.7 Å². The zero-order chi connectivity index (χ0) is 14.0. The predicted octanol–water partition coefficient (Wildman–Crippen LogP) is 3.48. The zero-order valence-corrected chi connectivity index (χ0v) is 11.5. The van der Waals surface area contributed by atoms with Gasteiger partial charge in [-0.2, -0.15) is 0 Å². The second kappa shape index (κ2) is 5.88. The molecule has 1 aliphatic carbocycles. The number of rotatable bonds is 6. The van der Waals surface area contributed by atoms with Crippen molar-refractivity contribution >= 4 is 17.6 Å². The molecule has 1 N–H and O–H groups in total. The average molecular weight is 286 g/mol. The summed E-state index contributed by atoms with van der Waals surface area (Å²) < 4.78 is 13.1. The SMILES string of the molecule is CC(c1ccc(F)cc1Cl)N(CCC(=O)O)C1CC1. The van der Waals surface area contributed by atoms with Gasteiger partial charge in [0.15, 0.2) is 0 Å². The Morgan fingerprint density at radius 1 is 1.58 bits per heavy atom. The molecule has 0 saturated heterocycles. The summed E-state index contributed by atoms with van der Waals surface area (Å²) in [4.78, 5) is 12.9. The number of nitrogens with zero attached hydrogens (tertiary/aromatic N) is 1. The van der Waals surface area contributed by atoms with Crippen LogP contribution in [0, 0.1) is 5.82 Å². The molecule has 0 radical (unpaired) electrons. The summed E-state index contributed by atoms with van der Waals surface area (Å²) in [7, 11) is 0. The van der Waals surface area contributed by atoms with Crippen LogP contribution in [0.1, 0.15) is 37.8 Å². The molecule has 1 saturated carbocycles. The molecule has 1 aliphatic rings. The van der Waals surface area contributed by atoms with Crippen LogP contribution in [0.4, 0.5) is 4.39 Å². The topological polar surface area (TPSA) is 40.5 Å². The van der Waals surface area contributed by atoms with Crippen LogP contribution in [-0.2, 0) is 4.79 Å². The molecule has 2 rings (SSSR count). The summed E-state index contributed by atoms with van der Waals surface area (Å²) >= 11 is 6.07. The number of carboxylic acid groups (broad SMARTS) is 1. The Kier molecular flexibility index (Phi) is 4.42. The molecule has 19 heavy (non-hydrogen) atoms. The minimum atomic E-state index is -0.803. The predicted molar refractivity (Wildman–Crippen MR) is 71.8 cm³/mol. The van der Waals surface area contributed by atoms with Crippen LogP contribution in [0.2, 0.25) is 5.02 Å². The van der Waals surface area contributed by atoms with E-state index >= 15 is 0 Å². The van der Waals surface area contributed by atoms with Crippen molar-refractivity contribution < 1.29 is 14.3 Å². The molecule has 0 amide bonds. The number of benzene rings is 1. The molecule has 0 aliphatic heterocycles. The summed E-state index contributed by atoms with van der Waals surface area (Å²) in [6.07, 6.45) is 2.28. The fourth-order valence-corrected chi connectivity index (χ4v) is 2.67. The van der Waals surface area contributed by atoms with Gasteiger partial charge in [-0.05, 0) is 37.5 Å². The van der Waals surface area contributed by atoms with Gasteiger partial charge >= 0.3 is 5.97 Å². The van der Waals surface area contributed by atoms with Gasteiger partial charge in [0.2, 0.25) is 0 Å². The number of hydrogen-bond acceptors (Lipinski definition) is 2. The van der Waals surface area contributed by atoms with Crippen molar-refractivity contribution in [1.82, 2.24) is 4.90 Å². The second-order valence-electron chi connectivity index (χ2n) is 4.95. The minimum absolute atomic E-state index is 0.0000463. The first-order valence-corrected chi connectivity index (χ1v) is 6.79. The number of carbonyl (C=O) groups is 1. The van der Waals surface area contributed by atoms with E-state index in [1.807, 2.05) is 6.92 Å². The van der Waals surface area contributed by atoms with Gasteiger partial charge < -0.3 is 5.11 Å². The normalized spacial score (nSPS) is 16.6. The maximum absolute atomic E-state index is 13.1. The summed E-state index contributed by atoms with van der Waals surface area (Å²) in [5.74, 6) is -1.16. The Hall–Kier alpha value is -1.13. The lowest BCUT2D eigenvalue weighted by Crippen LogP contribution is -2.31. The molecule has 5 heteroatoms. The van der Waals surface area contributed by atoms with E-state index < -0.39 is 5.97 Å². The lowest BCUT2D eigenvalue weighted by molar-refractivity contribution is -0.137. The lowest BCUT2D eigenvalue weighted by atomic mass is 10.1. The molecule has 3 nitrogen and oxygen atoms in total. The first-order valence-electron chi connectivity index (χ1n) is 6.41. The van der Waals surface area contributed by atoms with Crippen molar-refractivity contribution in [3.05, 3.63) is 34.6 Å². The monoisotopic (exact) mass is 285 g/mol. The highest BCUT2D eigenvalue weighted by atomic mass is 35.5. The summed E-state index contributed by atoms with van der Waals surface area (Å²) in [5, 5.41) is 9.20. The Morgan fingerprint density at radius 2 is 2.26 bits per heavy atom. The highest BCUT2D eigenvalue weighted by molar-refractivity contribution is 6.31. The molecule has 0 aromatic heterocycles. The largest absolute Gasteiger partial charge is 0.481 e. The van der Waals surface area contributed by atoms with E-state index in [-0.39, 0.29) is 18.3 Å². The fourth-order valence-electron chi connectivity index (χ4n) is 2.34. The molecule has 104 valence electrons. The van der Waals surface area contributed by atoms with Crippen molar-refractivity contribution in [1.29, 1.82) is 0 Å². The van der Waals surface area contributed by atoms with Gasteiger partial charge in [0.25, 0.3) is 0 Å². The van der Waals surface area contributed by atoms with E-state index in [0.29, 0.717) is 17.6 Å². The first kappa shape index (κ1) is 14.3. The van der Waals surface area contributed by atoms with Crippen molar-refractivity contribution in [2.24, 2.45) is 0 Å². The zero-order valence-electron chi connectivity index (χ0n) is 10.8. The van der Waals surface area contributed by atoms with E-state index in [1.165, 1.54) is 12.1 Å². The molecular weight excluding hydrogens is 269 g/mol. The molecule has 1 aromatic carbocycles. The Labute approximate surface area is 117 Å². The number of hydrogen-bond donors (Lipinski definition) is 1. The van der Waals surface area contributed by atoms with Crippen LogP contribution < -0.4 is 0 Å². The van der Waals surface area contributed by atoms with Crippen molar-refractivity contribution in [2.45, 2.75) is 38.3 Å². The van der Waals surface area contributed by atoms with Gasteiger partial charge in [0.05, 0.1) is 6.42 Å². The average Bonchev–Trinajstić information content (AvgIpc) is 3.13. The van der Waals surface area contributed by atoms with E-state index in [9.17, 15) is 9.18 Å². The Balaban J connectivity index is 2.13. The number of carboxylic acids is 1. The molecule has 0 bridgehead atoms. The summed E-state index contributed by atoms with van der Waals surface area (Å²) in [5.41, 5.74) is 0.848. The molecule has 0 spiro atoms. The fraction of sp³-hybridized carbons (Fsp3) is 0.500. The van der Waals surface area contributed by atoms with Gasteiger partial charge in [-0.3, -0.25) is 9.69 Å². The Bertz CT molecular complexity index is 477. The minimum Gasteiger partial charge on any atom is -0.481 e. The van der Waals surface area contributed by atoms with Gasteiger partial charge in [0.1, 0.15) is 5.82 Å². The van der Waals surface area contributed by atoms with Crippen molar-refractivity contribution in [2.75, 3.05) is 6.54 Å². The lowest BCUT2D eigenvalue weighted by Gasteiger charge is -2.29. The Morgan fingerprint density at radius 3 is 2.79 bits per heavy atom. The van der Waals surface area contributed by atoms with Gasteiger partial charge in [-0.1, -0.05) is 17.7 Å². The molecular formula is C14H17ClFNO2. The number of halogens is 2. The van der Waals surface area contributed by atoms with Crippen LogP contribution in [0.5, 0.6) is 0 Å². The third kappa shape index (κ3) is 3.67. The maximum Gasteiger partial charge on any atom is 0.304 e. The highest BCUT2D eigenvalue weighted by Crippen LogP contribution is 2.36. The van der Waals surface area contributed by atoms with Crippen LogP contribution >= 0.6 is 11.6 Å². The summed E-state index contributed by atoms with van der Waals surface area (Å²) in [6, 6.07) is 4.80. The molecule has 1 unspecified atom stereocenters. The maximum atomic E-state index is 13.1. The van der Waals surface area contributed by atoms with Crippen LogP contribution in [0.25, 0.3) is 0 Å². The quantitative estimate of drug-likeness (QED) is 0.870. The van der Waals surface area contributed by atoms with Crippen LogP contribution in [0.15, 0.2) is 18.2 Å². The first-order chi connectivity index (χ1) is 8.99. The van der Waals surface area contributed by atoms with E-state index in [1.54, 1.807) is 6.07 Å². The standard InChI is InChI=1S/C14H17ClFNO2/c1-9(12-5-2-10(16)8-13(12)15)17(11-3-4-11)7-6-14(18)19/h2,5,8-9,11H,3-4,6-7H2,1H3,(H,18,19). The van der Waals surface area contributed by atoms with Crippen LogP contribution in [0.3, 0.4) is 0 Å². The van der Waals surface area contributed by atoms with Crippen molar-refractivity contribution in [3.8, 4) is 0 Å². The number of aliphatic carboxylic acids is 1. The molecule has 1 atom stereocenters. The van der Waals surface area contributed by atoms with Crippen molar-refractivity contribution in [3.63, 3.8) is 0 Å². The van der Waals surface area contributed by atoms with Gasteiger partial charge in [-0.25, -0.2) is 4.39 Å². The highest BCUT2D eigenvalue weighted by Gasteiger charge is 2.33. The molecule has 0 heterocycles. The van der Waals surface area contributed by atoms with E-state index in [2.05, 4.69) is 4.90 Å². The smallest absolute Gasteiger partial charge is 0.304 e.